The van der Waals surface area contributed by atoms with Gasteiger partial charge in [-0.25, -0.2) is 13.1 Å². The molecular weight excluding hydrogens is 328 g/mol. The highest BCUT2D eigenvalue weighted by Crippen LogP contribution is 2.21. The Bertz CT molecular complexity index is 723. The van der Waals surface area contributed by atoms with Gasteiger partial charge in [0, 0.05) is 4.88 Å². The van der Waals surface area contributed by atoms with Crippen molar-refractivity contribution in [3.63, 3.8) is 0 Å². The van der Waals surface area contributed by atoms with Gasteiger partial charge in [0.1, 0.15) is 4.21 Å². The van der Waals surface area contributed by atoms with E-state index in [-0.39, 0.29) is 28.6 Å². The Hall–Kier alpha value is -1.78. The van der Waals surface area contributed by atoms with Crippen molar-refractivity contribution in [2.75, 3.05) is 14.2 Å². The predicted molar refractivity (Wildman–Crippen MR) is 80.7 cm³/mol. The van der Waals surface area contributed by atoms with Crippen molar-refractivity contribution in [1.82, 2.24) is 19.7 Å². The number of ether oxygens (including phenoxy) is 2. The third kappa shape index (κ3) is 3.90. The molecule has 0 saturated carbocycles. The minimum absolute atomic E-state index is 0.0606. The zero-order valence-electron chi connectivity index (χ0n) is 12.4. The van der Waals surface area contributed by atoms with Crippen molar-refractivity contribution >= 4 is 21.4 Å². The molecule has 2 rings (SSSR count). The molecule has 2 aromatic heterocycles. The third-order valence-electron chi connectivity index (χ3n) is 2.68. The Labute approximate surface area is 132 Å². The van der Waals surface area contributed by atoms with E-state index in [9.17, 15) is 8.42 Å². The highest BCUT2D eigenvalue weighted by molar-refractivity contribution is 7.91. The van der Waals surface area contributed by atoms with Gasteiger partial charge < -0.3 is 9.47 Å². The summed E-state index contributed by atoms with van der Waals surface area (Å²) in [5.74, 6) is 0.208. The van der Waals surface area contributed by atoms with Crippen molar-refractivity contribution in [3.8, 4) is 12.0 Å². The largest absolute Gasteiger partial charge is 0.467 e. The summed E-state index contributed by atoms with van der Waals surface area (Å²) >= 11 is 1.24. The summed E-state index contributed by atoms with van der Waals surface area (Å²) in [5.41, 5.74) is 0. The van der Waals surface area contributed by atoms with Gasteiger partial charge in [-0.2, -0.15) is 9.97 Å². The van der Waals surface area contributed by atoms with Gasteiger partial charge in [-0.3, -0.25) is 0 Å². The van der Waals surface area contributed by atoms with Crippen LogP contribution in [0.5, 0.6) is 12.0 Å². The van der Waals surface area contributed by atoms with Gasteiger partial charge in [-0.15, -0.1) is 16.3 Å². The Balaban J connectivity index is 2.14. The molecule has 0 spiro atoms. The maximum atomic E-state index is 12.2. The van der Waals surface area contributed by atoms with Crippen LogP contribution in [-0.4, -0.2) is 37.6 Å². The number of hydrogen-bond donors (Lipinski definition) is 1. The van der Waals surface area contributed by atoms with E-state index in [0.29, 0.717) is 0 Å². The highest BCUT2D eigenvalue weighted by atomic mass is 32.2. The van der Waals surface area contributed by atoms with E-state index in [2.05, 4.69) is 19.7 Å². The predicted octanol–water partition coefficient (Wildman–Crippen LogP) is 0.991. The summed E-state index contributed by atoms with van der Waals surface area (Å²) in [7, 11) is -0.794. The molecular formula is C12H16N4O4S2. The number of methoxy groups -OCH3 is 2. The van der Waals surface area contributed by atoms with Crippen molar-refractivity contribution in [1.29, 1.82) is 0 Å². The smallest absolute Gasteiger partial charge is 0.322 e. The lowest BCUT2D eigenvalue weighted by atomic mass is 10.4. The van der Waals surface area contributed by atoms with Crippen LogP contribution in [0.3, 0.4) is 0 Å². The van der Waals surface area contributed by atoms with Gasteiger partial charge in [-0.1, -0.05) is 6.92 Å². The van der Waals surface area contributed by atoms with E-state index in [1.54, 1.807) is 12.1 Å². The maximum absolute atomic E-state index is 12.2. The summed E-state index contributed by atoms with van der Waals surface area (Å²) < 4.78 is 37.0. The summed E-state index contributed by atoms with van der Waals surface area (Å²) in [5, 5.41) is 0. The van der Waals surface area contributed by atoms with Crippen LogP contribution in [0.15, 0.2) is 16.3 Å². The lowest BCUT2D eigenvalue weighted by Gasteiger charge is -2.06. The van der Waals surface area contributed by atoms with E-state index in [1.807, 2.05) is 6.92 Å². The fourth-order valence-electron chi connectivity index (χ4n) is 1.56. The second-order valence-electron chi connectivity index (χ2n) is 4.12. The van der Waals surface area contributed by atoms with E-state index in [0.717, 1.165) is 11.3 Å². The fraction of sp³-hybridized carbons (Fsp3) is 0.417. The topological polar surface area (TPSA) is 103 Å². The molecule has 0 bridgehead atoms. The normalized spacial score (nSPS) is 11.4. The van der Waals surface area contributed by atoms with Gasteiger partial charge >= 0.3 is 12.0 Å². The van der Waals surface area contributed by atoms with Crippen molar-refractivity contribution in [2.45, 2.75) is 24.1 Å². The number of aromatic nitrogens is 3. The number of hydrogen-bond acceptors (Lipinski definition) is 8. The first-order chi connectivity index (χ1) is 10.5. The molecule has 0 aliphatic heterocycles. The van der Waals surface area contributed by atoms with E-state index in [1.165, 1.54) is 25.6 Å². The molecule has 10 heteroatoms. The first kappa shape index (κ1) is 16.6. The van der Waals surface area contributed by atoms with Gasteiger partial charge in [0.2, 0.25) is 10.0 Å². The summed E-state index contributed by atoms with van der Waals surface area (Å²) in [6.45, 7) is 1.88. The quantitative estimate of drug-likeness (QED) is 0.799. The maximum Gasteiger partial charge on any atom is 0.322 e. The molecule has 0 aliphatic carbocycles. The molecule has 2 aromatic rings. The number of aryl methyl sites for hydroxylation is 1. The van der Waals surface area contributed by atoms with Gasteiger partial charge in [0.05, 0.1) is 20.8 Å². The van der Waals surface area contributed by atoms with Crippen molar-refractivity contribution in [2.24, 2.45) is 0 Å². The van der Waals surface area contributed by atoms with Crippen LogP contribution in [0.2, 0.25) is 0 Å². The van der Waals surface area contributed by atoms with Crippen LogP contribution < -0.4 is 14.2 Å². The zero-order valence-corrected chi connectivity index (χ0v) is 14.0. The zero-order chi connectivity index (χ0) is 16.2. The number of sulfonamides is 1. The van der Waals surface area contributed by atoms with Crippen LogP contribution in [0.1, 0.15) is 17.6 Å². The Morgan fingerprint density at radius 2 is 1.77 bits per heavy atom. The van der Waals surface area contributed by atoms with Gasteiger partial charge in [0.15, 0.2) is 5.82 Å². The van der Waals surface area contributed by atoms with Crippen LogP contribution in [0, 0.1) is 0 Å². The average molecular weight is 344 g/mol. The minimum atomic E-state index is -3.60. The van der Waals surface area contributed by atoms with Crippen LogP contribution >= 0.6 is 11.3 Å². The molecule has 0 unspecified atom stereocenters. The molecule has 0 saturated heterocycles. The molecule has 0 radical (unpaired) electrons. The number of nitrogens with zero attached hydrogens (tertiary/aromatic N) is 3. The first-order valence-electron chi connectivity index (χ1n) is 6.39. The summed E-state index contributed by atoms with van der Waals surface area (Å²) in [4.78, 5) is 12.8. The van der Waals surface area contributed by atoms with Crippen LogP contribution in [0.4, 0.5) is 0 Å². The number of rotatable bonds is 7. The Kier molecular flexibility index (Phi) is 5.27. The molecule has 2 heterocycles. The summed E-state index contributed by atoms with van der Waals surface area (Å²) in [6.07, 6.45) is 0.794. The minimum Gasteiger partial charge on any atom is -0.467 e. The summed E-state index contributed by atoms with van der Waals surface area (Å²) in [6, 6.07) is 3.50. The van der Waals surface area contributed by atoms with Crippen LogP contribution in [-0.2, 0) is 23.0 Å². The average Bonchev–Trinajstić information content (AvgIpc) is 3.02. The molecule has 8 nitrogen and oxygen atoms in total. The van der Waals surface area contributed by atoms with Gasteiger partial charge in [-0.05, 0) is 18.6 Å². The molecule has 0 amide bonds. The lowest BCUT2D eigenvalue weighted by molar-refractivity contribution is 0.336. The molecule has 120 valence electrons. The van der Waals surface area contributed by atoms with Crippen LogP contribution in [0.25, 0.3) is 0 Å². The van der Waals surface area contributed by atoms with E-state index >= 15 is 0 Å². The molecule has 0 aliphatic rings. The van der Waals surface area contributed by atoms with Crippen molar-refractivity contribution < 1.29 is 17.9 Å². The SMILES string of the molecule is CCc1ccc(S(=O)(=O)NCc2nc(OC)nc(OC)n2)s1. The fourth-order valence-corrected chi connectivity index (χ4v) is 3.88. The number of nitrogens with one attached hydrogen (secondary N) is 1. The molecule has 0 aromatic carbocycles. The molecule has 0 fully saturated rings. The first-order valence-corrected chi connectivity index (χ1v) is 8.69. The number of thiophene rings is 1. The Morgan fingerprint density at radius 1 is 1.14 bits per heavy atom. The van der Waals surface area contributed by atoms with E-state index < -0.39 is 10.0 Å². The second kappa shape index (κ2) is 6.99. The molecule has 1 N–H and O–H groups in total. The second-order valence-corrected chi connectivity index (χ2v) is 7.29. The van der Waals surface area contributed by atoms with Crippen molar-refractivity contribution in [3.05, 3.63) is 22.8 Å². The Morgan fingerprint density at radius 3 is 2.27 bits per heavy atom. The molecule has 0 atom stereocenters. The molecule has 22 heavy (non-hydrogen) atoms. The third-order valence-corrected chi connectivity index (χ3v) is 5.80. The van der Waals surface area contributed by atoms with E-state index in [4.69, 9.17) is 9.47 Å². The monoisotopic (exact) mass is 344 g/mol. The standard InChI is InChI=1S/C12H16N4O4S2/c1-4-8-5-6-10(21-8)22(17,18)13-7-9-14-11(19-2)16-12(15-9)20-3/h5-6,13H,4,7H2,1-3H3. The lowest BCUT2D eigenvalue weighted by Crippen LogP contribution is -2.24. The highest BCUT2D eigenvalue weighted by Gasteiger charge is 2.17. The van der Waals surface area contributed by atoms with Gasteiger partial charge in [0.25, 0.3) is 0 Å².